The molecule has 0 unspecified atom stereocenters. The normalized spacial score (nSPS) is 13.5. The predicted molar refractivity (Wildman–Crippen MR) is 128 cm³/mol. The van der Waals surface area contributed by atoms with E-state index in [0.717, 1.165) is 0 Å². The highest BCUT2D eigenvalue weighted by Gasteiger charge is 2.50. The van der Waals surface area contributed by atoms with Crippen LogP contribution >= 0.6 is 0 Å². The lowest BCUT2D eigenvalue weighted by molar-refractivity contribution is 0.0405. The van der Waals surface area contributed by atoms with Gasteiger partial charge >= 0.3 is 6.09 Å². The molecule has 0 aliphatic carbocycles. The molecule has 0 aromatic heterocycles. The highest BCUT2D eigenvalue weighted by Crippen LogP contribution is 2.36. The molecule has 5 nitrogen and oxygen atoms in total. The van der Waals surface area contributed by atoms with Crippen LogP contribution < -0.4 is 15.7 Å². The zero-order valence-electron chi connectivity index (χ0n) is 19.6. The molecule has 170 valence electrons. The Morgan fingerprint density at radius 1 is 0.935 bits per heavy atom. The Labute approximate surface area is 187 Å². The molecule has 0 bridgehead atoms. The fraction of sp³-hybridized carbons (Fsp3) is 0.480. The van der Waals surface area contributed by atoms with Crippen LogP contribution in [0.5, 0.6) is 0 Å². The highest BCUT2D eigenvalue weighted by molar-refractivity contribution is 6.99. The van der Waals surface area contributed by atoms with Crippen LogP contribution in [0.15, 0.2) is 60.7 Å². The number of aliphatic hydroxyl groups is 1. The first-order valence-electron chi connectivity index (χ1n) is 10.8. The van der Waals surface area contributed by atoms with Crippen molar-refractivity contribution in [3.05, 3.63) is 60.7 Å². The van der Waals surface area contributed by atoms with Crippen LogP contribution in [0.25, 0.3) is 0 Å². The summed E-state index contributed by atoms with van der Waals surface area (Å²) in [6.07, 6.45) is -0.740. The van der Waals surface area contributed by atoms with E-state index in [-0.39, 0.29) is 11.6 Å². The molecule has 31 heavy (non-hydrogen) atoms. The molecule has 6 heteroatoms. The monoisotopic (exact) mass is 443 g/mol. The van der Waals surface area contributed by atoms with Gasteiger partial charge in [0.15, 0.2) is 0 Å². The van der Waals surface area contributed by atoms with Crippen molar-refractivity contribution >= 4 is 24.8 Å². The molecule has 0 fully saturated rings. The van der Waals surface area contributed by atoms with E-state index in [0.29, 0.717) is 13.0 Å². The third-order valence-corrected chi connectivity index (χ3v) is 10.2. The molecular weight excluding hydrogens is 406 g/mol. The van der Waals surface area contributed by atoms with Crippen molar-refractivity contribution in [1.29, 1.82) is 0 Å². The summed E-state index contributed by atoms with van der Waals surface area (Å²) in [5.74, 6) is 0. The number of nitrogens with one attached hydrogen (secondary N) is 1. The fourth-order valence-corrected chi connectivity index (χ4v) is 8.36. The van der Waals surface area contributed by atoms with E-state index in [1.54, 1.807) is 0 Å². The molecule has 0 radical (unpaired) electrons. The van der Waals surface area contributed by atoms with Gasteiger partial charge in [-0.05, 0) is 36.2 Å². The van der Waals surface area contributed by atoms with Gasteiger partial charge in [-0.25, -0.2) is 4.79 Å². The lowest BCUT2D eigenvalue weighted by Gasteiger charge is -2.43. The summed E-state index contributed by atoms with van der Waals surface area (Å²) >= 11 is 0. The van der Waals surface area contributed by atoms with Crippen molar-refractivity contribution in [3.8, 4) is 0 Å². The van der Waals surface area contributed by atoms with Crippen LogP contribution in [0, 0.1) is 0 Å². The van der Waals surface area contributed by atoms with Crippen LogP contribution in [-0.4, -0.2) is 44.4 Å². The van der Waals surface area contributed by atoms with Gasteiger partial charge in [0, 0.05) is 18.6 Å². The van der Waals surface area contributed by atoms with Crippen LogP contribution in [0.2, 0.25) is 5.04 Å². The third kappa shape index (κ3) is 6.66. The third-order valence-electron chi connectivity index (χ3n) is 5.13. The Balaban J connectivity index is 2.25. The number of hydrogen-bond donors (Lipinski definition) is 2. The predicted octanol–water partition coefficient (Wildman–Crippen LogP) is 3.84. The van der Waals surface area contributed by atoms with Gasteiger partial charge in [0.2, 0.25) is 0 Å². The molecule has 0 saturated heterocycles. The Kier molecular flexibility index (Phi) is 8.46. The minimum atomic E-state index is -2.64. The Bertz CT molecular complexity index is 773. The molecule has 0 aliphatic heterocycles. The maximum atomic E-state index is 12.1. The summed E-state index contributed by atoms with van der Waals surface area (Å²) in [6, 6.07) is 20.8. The molecule has 1 amide bonds. The van der Waals surface area contributed by atoms with Crippen molar-refractivity contribution in [2.75, 3.05) is 13.2 Å². The van der Waals surface area contributed by atoms with Gasteiger partial charge in [0.1, 0.15) is 6.10 Å². The topological polar surface area (TPSA) is 67.8 Å². The second-order valence-corrected chi connectivity index (χ2v) is 14.2. The van der Waals surface area contributed by atoms with Gasteiger partial charge in [0.25, 0.3) is 8.32 Å². The molecule has 2 rings (SSSR count). The fourth-order valence-electron chi connectivity index (χ4n) is 3.78. The number of ether oxygens (including phenoxy) is 1. The molecule has 2 aromatic carbocycles. The summed E-state index contributed by atoms with van der Waals surface area (Å²) in [6.45, 7) is 12.4. The zero-order chi connectivity index (χ0) is 23.1. The molecule has 2 N–H and O–H groups in total. The van der Waals surface area contributed by atoms with E-state index in [1.165, 1.54) is 10.4 Å². The van der Waals surface area contributed by atoms with Crippen molar-refractivity contribution in [2.45, 2.75) is 64.6 Å². The maximum Gasteiger partial charge on any atom is 0.407 e. The molecule has 0 heterocycles. The van der Waals surface area contributed by atoms with Crippen LogP contribution in [-0.2, 0) is 9.16 Å². The van der Waals surface area contributed by atoms with Gasteiger partial charge < -0.3 is 19.6 Å². The van der Waals surface area contributed by atoms with E-state index in [1.807, 2.05) is 57.2 Å². The van der Waals surface area contributed by atoms with Crippen molar-refractivity contribution in [3.63, 3.8) is 0 Å². The minimum absolute atomic E-state index is 0.130. The molecular formula is C25H37NO4Si. The smallest absolute Gasteiger partial charge is 0.407 e. The lowest BCUT2D eigenvalue weighted by Crippen LogP contribution is -2.66. The molecule has 1 atom stereocenters. The second-order valence-electron chi connectivity index (χ2n) is 9.89. The van der Waals surface area contributed by atoms with Crippen molar-refractivity contribution in [2.24, 2.45) is 0 Å². The summed E-state index contributed by atoms with van der Waals surface area (Å²) in [5.41, 5.74) is -0.400. The number of carbonyl (C=O) groups excluding carboxylic acids is 1. The number of hydrogen-bond acceptors (Lipinski definition) is 4. The molecule has 0 aliphatic rings. The van der Waals surface area contributed by atoms with E-state index in [9.17, 15) is 9.90 Å². The number of amides is 1. The molecule has 2 aromatic rings. The van der Waals surface area contributed by atoms with Crippen molar-refractivity contribution < 1.29 is 19.1 Å². The Hall–Kier alpha value is -2.15. The number of alkyl carbamates (subject to hydrolysis) is 1. The number of benzene rings is 2. The van der Waals surface area contributed by atoms with E-state index < -0.39 is 26.1 Å². The van der Waals surface area contributed by atoms with Gasteiger partial charge in [-0.2, -0.15) is 0 Å². The average Bonchev–Trinajstić information content (AvgIpc) is 2.69. The van der Waals surface area contributed by atoms with Crippen LogP contribution in [0.4, 0.5) is 4.79 Å². The maximum absolute atomic E-state index is 12.1. The van der Waals surface area contributed by atoms with Crippen LogP contribution in [0.3, 0.4) is 0 Å². The van der Waals surface area contributed by atoms with E-state index in [2.05, 4.69) is 50.4 Å². The minimum Gasteiger partial charge on any atom is -0.444 e. The lowest BCUT2D eigenvalue weighted by atomic mass is 10.1. The largest absolute Gasteiger partial charge is 0.444 e. The number of rotatable bonds is 8. The second kappa shape index (κ2) is 10.4. The van der Waals surface area contributed by atoms with Gasteiger partial charge in [-0.15, -0.1) is 0 Å². The van der Waals surface area contributed by atoms with Crippen LogP contribution in [0.1, 0.15) is 48.0 Å². The summed E-state index contributed by atoms with van der Waals surface area (Å²) in [7, 11) is -2.64. The highest BCUT2D eigenvalue weighted by atomic mass is 28.4. The molecule has 0 saturated carbocycles. The standard InChI is InChI=1S/C25H37NO4Si/c1-24(2,3)26-23(28)30-20(19-27)17-18-29-31(25(4,5)6,21-13-9-7-10-14-21)22-15-11-8-12-16-22/h7-16,20,27H,17-19H2,1-6H3,(H,26,28)/t20-/m0/s1. The first-order chi connectivity index (χ1) is 14.5. The SMILES string of the molecule is CC(C)(C)NC(=O)O[C@H](CO)CCO[Si](c1ccccc1)(c1ccccc1)C(C)(C)C. The Morgan fingerprint density at radius 2 is 1.42 bits per heavy atom. The van der Waals surface area contributed by atoms with E-state index in [4.69, 9.17) is 9.16 Å². The van der Waals surface area contributed by atoms with Crippen molar-refractivity contribution in [1.82, 2.24) is 5.32 Å². The van der Waals surface area contributed by atoms with Gasteiger partial charge in [0.05, 0.1) is 6.61 Å². The number of carbonyl (C=O) groups is 1. The quantitative estimate of drug-likeness (QED) is 0.609. The first kappa shape index (κ1) is 25.1. The summed E-state index contributed by atoms with van der Waals surface area (Å²) in [4.78, 5) is 12.1. The van der Waals surface area contributed by atoms with Gasteiger partial charge in [-0.1, -0.05) is 81.4 Å². The Morgan fingerprint density at radius 3 is 1.81 bits per heavy atom. The summed E-state index contributed by atoms with van der Waals surface area (Å²) < 4.78 is 12.2. The summed E-state index contributed by atoms with van der Waals surface area (Å²) in [5, 5.41) is 14.8. The molecule has 0 spiro atoms. The average molecular weight is 444 g/mol. The first-order valence-corrected chi connectivity index (χ1v) is 12.7. The van der Waals surface area contributed by atoms with Gasteiger partial charge in [-0.3, -0.25) is 0 Å². The van der Waals surface area contributed by atoms with E-state index >= 15 is 0 Å². The number of aliphatic hydroxyl groups excluding tert-OH is 1. The zero-order valence-corrected chi connectivity index (χ0v) is 20.6.